The second kappa shape index (κ2) is 8.61. The third kappa shape index (κ3) is 4.34. The van der Waals surface area contributed by atoms with Crippen LogP contribution in [0.4, 0.5) is 0 Å². The van der Waals surface area contributed by atoms with Gasteiger partial charge in [0.15, 0.2) is 0 Å². The molecule has 0 fully saturated rings. The van der Waals surface area contributed by atoms with Crippen LogP contribution in [0.15, 0.2) is 48.5 Å². The predicted octanol–water partition coefficient (Wildman–Crippen LogP) is 4.11. The average Bonchev–Trinajstić information content (AvgIpc) is 3.13. The minimum absolute atomic E-state index is 0.174. The molecule has 0 aliphatic rings. The number of ether oxygens (including phenoxy) is 2. The van der Waals surface area contributed by atoms with E-state index in [-0.39, 0.29) is 17.9 Å². The molecule has 146 valence electrons. The topological polar surface area (TPSA) is 76.2 Å². The van der Waals surface area contributed by atoms with Gasteiger partial charge in [-0.1, -0.05) is 26.0 Å². The number of fused-ring (bicyclic) bond motifs is 1. The zero-order chi connectivity index (χ0) is 20.1. The molecule has 1 atom stereocenters. The van der Waals surface area contributed by atoms with Gasteiger partial charge in [-0.15, -0.1) is 0 Å². The largest absolute Gasteiger partial charge is 0.497 e. The molecule has 6 heteroatoms. The first-order valence-electron chi connectivity index (χ1n) is 9.17. The molecule has 2 aromatic carbocycles. The Kier molecular flexibility index (Phi) is 5.99. The highest BCUT2D eigenvalue weighted by Crippen LogP contribution is 2.26. The Morgan fingerprint density at radius 1 is 1.14 bits per heavy atom. The van der Waals surface area contributed by atoms with Crippen LogP contribution in [-0.4, -0.2) is 30.1 Å². The Hall–Kier alpha value is -3.28. The van der Waals surface area contributed by atoms with Crippen LogP contribution in [0.25, 0.3) is 17.1 Å². The first kappa shape index (κ1) is 19.5. The molecule has 1 aromatic heterocycles. The van der Waals surface area contributed by atoms with E-state index < -0.39 is 0 Å². The summed E-state index contributed by atoms with van der Waals surface area (Å²) in [6.07, 6.45) is 3.23. The van der Waals surface area contributed by atoms with Gasteiger partial charge in [0.2, 0.25) is 5.91 Å². The van der Waals surface area contributed by atoms with Crippen molar-refractivity contribution in [3.63, 3.8) is 0 Å². The van der Waals surface area contributed by atoms with Crippen molar-refractivity contribution in [2.24, 2.45) is 5.92 Å². The van der Waals surface area contributed by atoms with Crippen molar-refractivity contribution in [2.45, 2.75) is 19.9 Å². The first-order chi connectivity index (χ1) is 13.5. The number of carbonyl (C=O) groups is 1. The summed E-state index contributed by atoms with van der Waals surface area (Å²) in [7, 11) is 3.18. The van der Waals surface area contributed by atoms with Crippen molar-refractivity contribution in [2.75, 3.05) is 14.2 Å². The summed E-state index contributed by atoms with van der Waals surface area (Å²) in [4.78, 5) is 20.5. The number of H-pyrrole nitrogens is 1. The SMILES string of the molecule is COc1ccc(/C=C/C(=O)NC(c2nc3ccccc3[nH]2)C(C)C)c(OC)c1. The van der Waals surface area contributed by atoms with Gasteiger partial charge >= 0.3 is 0 Å². The summed E-state index contributed by atoms with van der Waals surface area (Å²) in [6, 6.07) is 13.1. The summed E-state index contributed by atoms with van der Waals surface area (Å²) in [5, 5.41) is 3.04. The van der Waals surface area contributed by atoms with Gasteiger partial charge in [0.25, 0.3) is 0 Å². The van der Waals surface area contributed by atoms with Crippen LogP contribution < -0.4 is 14.8 Å². The predicted molar refractivity (Wildman–Crippen MR) is 110 cm³/mol. The highest BCUT2D eigenvalue weighted by molar-refractivity contribution is 5.92. The number of nitrogens with zero attached hydrogens (tertiary/aromatic N) is 1. The van der Waals surface area contributed by atoms with Crippen LogP contribution in [0.2, 0.25) is 0 Å². The van der Waals surface area contributed by atoms with E-state index >= 15 is 0 Å². The lowest BCUT2D eigenvalue weighted by Gasteiger charge is -2.19. The molecular formula is C22H25N3O3. The number of imidazole rings is 1. The molecule has 1 heterocycles. The maximum atomic E-state index is 12.5. The molecule has 1 unspecified atom stereocenters. The van der Waals surface area contributed by atoms with Crippen molar-refractivity contribution < 1.29 is 14.3 Å². The fourth-order valence-electron chi connectivity index (χ4n) is 2.99. The molecule has 3 rings (SSSR count). The average molecular weight is 379 g/mol. The summed E-state index contributed by atoms with van der Waals surface area (Å²) in [6.45, 7) is 4.10. The van der Waals surface area contributed by atoms with Gasteiger partial charge in [0.05, 0.1) is 31.3 Å². The second-order valence-corrected chi connectivity index (χ2v) is 6.81. The molecule has 2 N–H and O–H groups in total. The fourth-order valence-corrected chi connectivity index (χ4v) is 2.99. The third-order valence-corrected chi connectivity index (χ3v) is 4.52. The van der Waals surface area contributed by atoms with Gasteiger partial charge in [0.1, 0.15) is 17.3 Å². The normalized spacial score (nSPS) is 12.5. The molecule has 0 saturated carbocycles. The van der Waals surface area contributed by atoms with Gasteiger partial charge in [-0.2, -0.15) is 0 Å². The van der Waals surface area contributed by atoms with Crippen LogP contribution >= 0.6 is 0 Å². The van der Waals surface area contributed by atoms with Gasteiger partial charge in [-0.05, 0) is 36.3 Å². The first-order valence-corrected chi connectivity index (χ1v) is 9.17. The molecule has 0 radical (unpaired) electrons. The van der Waals surface area contributed by atoms with E-state index in [1.54, 1.807) is 26.4 Å². The Bertz CT molecular complexity index is 959. The molecule has 0 bridgehead atoms. The number of aromatic nitrogens is 2. The molecule has 6 nitrogen and oxygen atoms in total. The maximum Gasteiger partial charge on any atom is 0.244 e. The smallest absolute Gasteiger partial charge is 0.244 e. The number of hydrogen-bond acceptors (Lipinski definition) is 4. The van der Waals surface area contributed by atoms with Crippen molar-refractivity contribution >= 4 is 23.0 Å². The number of nitrogens with one attached hydrogen (secondary N) is 2. The lowest BCUT2D eigenvalue weighted by atomic mass is 10.0. The van der Waals surface area contributed by atoms with Gasteiger partial charge in [-0.3, -0.25) is 4.79 Å². The molecule has 0 spiro atoms. The van der Waals surface area contributed by atoms with E-state index in [2.05, 4.69) is 15.3 Å². The zero-order valence-electron chi connectivity index (χ0n) is 16.5. The molecule has 3 aromatic rings. The minimum Gasteiger partial charge on any atom is -0.497 e. The third-order valence-electron chi connectivity index (χ3n) is 4.52. The van der Waals surface area contributed by atoms with E-state index in [1.807, 2.05) is 50.2 Å². The van der Waals surface area contributed by atoms with E-state index in [0.29, 0.717) is 11.5 Å². The van der Waals surface area contributed by atoms with Crippen molar-refractivity contribution in [3.8, 4) is 11.5 Å². The Morgan fingerprint density at radius 3 is 2.61 bits per heavy atom. The Morgan fingerprint density at radius 2 is 1.93 bits per heavy atom. The molecule has 0 saturated heterocycles. The number of carbonyl (C=O) groups excluding carboxylic acids is 1. The number of methoxy groups -OCH3 is 2. The monoisotopic (exact) mass is 379 g/mol. The molecular weight excluding hydrogens is 354 g/mol. The van der Waals surface area contributed by atoms with Crippen LogP contribution in [-0.2, 0) is 4.79 Å². The van der Waals surface area contributed by atoms with Crippen molar-refractivity contribution in [1.82, 2.24) is 15.3 Å². The number of hydrogen-bond donors (Lipinski definition) is 2. The van der Waals surface area contributed by atoms with Crippen LogP contribution in [0.3, 0.4) is 0 Å². The summed E-state index contributed by atoms with van der Waals surface area (Å²) in [5.41, 5.74) is 2.63. The molecule has 0 aliphatic carbocycles. The molecule has 28 heavy (non-hydrogen) atoms. The molecule has 1 amide bonds. The highest BCUT2D eigenvalue weighted by atomic mass is 16.5. The number of amides is 1. The van der Waals surface area contributed by atoms with E-state index in [4.69, 9.17) is 9.47 Å². The summed E-state index contributed by atoms with van der Waals surface area (Å²) in [5.74, 6) is 2.06. The van der Waals surface area contributed by atoms with Crippen molar-refractivity contribution in [3.05, 3.63) is 59.9 Å². The van der Waals surface area contributed by atoms with E-state index in [1.165, 1.54) is 6.08 Å². The highest BCUT2D eigenvalue weighted by Gasteiger charge is 2.21. The Labute approximate surface area is 164 Å². The van der Waals surface area contributed by atoms with Crippen LogP contribution in [0.5, 0.6) is 11.5 Å². The maximum absolute atomic E-state index is 12.5. The summed E-state index contributed by atoms with van der Waals surface area (Å²) < 4.78 is 10.6. The number of benzene rings is 2. The quantitative estimate of drug-likeness (QED) is 0.606. The van der Waals surface area contributed by atoms with Gasteiger partial charge in [-0.25, -0.2) is 4.98 Å². The van der Waals surface area contributed by atoms with Crippen LogP contribution in [0.1, 0.15) is 31.3 Å². The van der Waals surface area contributed by atoms with Gasteiger partial charge in [0, 0.05) is 17.7 Å². The Balaban J connectivity index is 1.77. The number of aromatic amines is 1. The standard InChI is InChI=1S/C22H25N3O3/c1-14(2)21(22-23-17-7-5-6-8-18(17)24-22)25-20(26)12-10-15-9-11-16(27-3)13-19(15)28-4/h5-14,21H,1-4H3,(H,23,24)(H,25,26)/b12-10+. The van der Waals surface area contributed by atoms with Crippen molar-refractivity contribution in [1.29, 1.82) is 0 Å². The fraction of sp³-hybridized carbons (Fsp3) is 0.273. The zero-order valence-corrected chi connectivity index (χ0v) is 16.5. The number of rotatable bonds is 7. The summed E-state index contributed by atoms with van der Waals surface area (Å²) >= 11 is 0. The van der Waals surface area contributed by atoms with E-state index in [9.17, 15) is 4.79 Å². The number of para-hydroxylation sites is 2. The molecule has 0 aliphatic heterocycles. The lowest BCUT2D eigenvalue weighted by Crippen LogP contribution is -2.31. The van der Waals surface area contributed by atoms with E-state index in [0.717, 1.165) is 22.4 Å². The second-order valence-electron chi connectivity index (χ2n) is 6.81. The van der Waals surface area contributed by atoms with Gasteiger partial charge < -0.3 is 19.8 Å². The minimum atomic E-state index is -0.220. The lowest BCUT2D eigenvalue weighted by molar-refractivity contribution is -0.117. The van der Waals surface area contributed by atoms with Crippen LogP contribution in [0, 0.1) is 5.92 Å².